The number of fused-ring (bicyclic) bond motifs is 1. The molecule has 2 heterocycles. The number of anilines is 1. The van der Waals surface area contributed by atoms with E-state index >= 15 is 0 Å². The number of carbonyl (C=O) groups is 1. The van der Waals surface area contributed by atoms with Crippen LogP contribution in [0.1, 0.15) is 5.56 Å². The van der Waals surface area contributed by atoms with Crippen molar-refractivity contribution in [2.45, 2.75) is 16.2 Å². The van der Waals surface area contributed by atoms with E-state index < -0.39 is 25.9 Å². The summed E-state index contributed by atoms with van der Waals surface area (Å²) in [4.78, 5) is 15.9. The van der Waals surface area contributed by atoms with Crippen LogP contribution in [0, 0.1) is 5.82 Å². The maximum atomic E-state index is 14.0. The van der Waals surface area contributed by atoms with Crippen LogP contribution in [0.4, 0.5) is 10.1 Å². The van der Waals surface area contributed by atoms with Crippen LogP contribution in [0.2, 0.25) is 0 Å². The van der Waals surface area contributed by atoms with Crippen molar-refractivity contribution < 1.29 is 26.0 Å². The Morgan fingerprint density at radius 3 is 2.31 bits per heavy atom. The van der Waals surface area contributed by atoms with Crippen LogP contribution in [-0.4, -0.2) is 71.2 Å². The highest BCUT2D eigenvalue weighted by Gasteiger charge is 2.32. The lowest BCUT2D eigenvalue weighted by molar-refractivity contribution is -0.130. The number of nitrogens with zero attached hydrogens (tertiary/aromatic N) is 3. The normalized spacial score (nSPS) is 17.4. The number of piperazine rings is 1. The van der Waals surface area contributed by atoms with Gasteiger partial charge in [-0.1, -0.05) is 12.1 Å². The van der Waals surface area contributed by atoms with E-state index in [2.05, 4.69) is 0 Å². The van der Waals surface area contributed by atoms with Crippen molar-refractivity contribution in [1.29, 1.82) is 0 Å². The molecule has 0 saturated carbocycles. The van der Waals surface area contributed by atoms with E-state index in [1.807, 2.05) is 4.90 Å². The Kier molecular flexibility index (Phi) is 5.96. The third kappa shape index (κ3) is 4.35. The molecule has 32 heavy (non-hydrogen) atoms. The number of primary sulfonamides is 1. The maximum absolute atomic E-state index is 14.0. The Hall–Kier alpha value is -2.54. The molecule has 0 spiro atoms. The molecule has 12 heteroatoms. The van der Waals surface area contributed by atoms with Gasteiger partial charge in [0, 0.05) is 38.4 Å². The fraction of sp³-hybridized carbons (Fsp3) is 0.350. The second kappa shape index (κ2) is 8.43. The van der Waals surface area contributed by atoms with E-state index in [4.69, 9.17) is 5.14 Å². The lowest BCUT2D eigenvalue weighted by Gasteiger charge is -2.35. The van der Waals surface area contributed by atoms with Gasteiger partial charge >= 0.3 is 0 Å². The molecule has 2 N–H and O–H groups in total. The highest BCUT2D eigenvalue weighted by Crippen LogP contribution is 2.30. The Balaban J connectivity index is 1.39. The minimum absolute atomic E-state index is 0.0385. The Bertz CT molecular complexity index is 1260. The van der Waals surface area contributed by atoms with Gasteiger partial charge in [-0.2, -0.15) is 4.31 Å². The first kappa shape index (κ1) is 22.6. The number of amides is 1. The summed E-state index contributed by atoms with van der Waals surface area (Å²) in [6.45, 7) is 1.24. The second-order valence-corrected chi connectivity index (χ2v) is 11.2. The van der Waals surface area contributed by atoms with Crippen LogP contribution in [0.3, 0.4) is 0 Å². The SMILES string of the molecule is NS(=O)(=O)c1ccc2c(c1)CCN2CC(=O)N1CCN(S(=O)(=O)c2ccccc2F)CC1. The highest BCUT2D eigenvalue weighted by atomic mass is 32.2. The molecule has 0 aliphatic carbocycles. The first-order valence-corrected chi connectivity index (χ1v) is 13.0. The Morgan fingerprint density at radius 2 is 1.66 bits per heavy atom. The molecular weight excluding hydrogens is 459 g/mol. The summed E-state index contributed by atoms with van der Waals surface area (Å²) in [5.74, 6) is -0.958. The number of carbonyl (C=O) groups excluding carboxylic acids is 1. The molecule has 1 amide bonds. The summed E-state index contributed by atoms with van der Waals surface area (Å²) < 4.78 is 63.7. The Morgan fingerprint density at radius 1 is 0.969 bits per heavy atom. The summed E-state index contributed by atoms with van der Waals surface area (Å²) in [6.07, 6.45) is 0.598. The van der Waals surface area contributed by atoms with E-state index in [9.17, 15) is 26.0 Å². The third-order valence-electron chi connectivity index (χ3n) is 5.74. The lowest BCUT2D eigenvalue weighted by Crippen LogP contribution is -2.52. The average Bonchev–Trinajstić information content (AvgIpc) is 3.15. The second-order valence-electron chi connectivity index (χ2n) is 7.72. The van der Waals surface area contributed by atoms with Crippen molar-refractivity contribution in [3.05, 3.63) is 53.8 Å². The molecule has 0 unspecified atom stereocenters. The fourth-order valence-corrected chi connectivity index (χ4v) is 6.07. The van der Waals surface area contributed by atoms with Crippen LogP contribution in [-0.2, 0) is 31.3 Å². The van der Waals surface area contributed by atoms with Gasteiger partial charge in [0.05, 0.1) is 11.4 Å². The van der Waals surface area contributed by atoms with Gasteiger partial charge in [-0.05, 0) is 42.3 Å². The van der Waals surface area contributed by atoms with Gasteiger partial charge in [-0.3, -0.25) is 4.79 Å². The number of hydrogen-bond acceptors (Lipinski definition) is 6. The number of nitrogens with two attached hydrogens (primary N) is 1. The highest BCUT2D eigenvalue weighted by molar-refractivity contribution is 7.89. The minimum Gasteiger partial charge on any atom is -0.362 e. The van der Waals surface area contributed by atoms with E-state index in [-0.39, 0.29) is 48.4 Å². The van der Waals surface area contributed by atoms with Crippen molar-refractivity contribution >= 4 is 31.6 Å². The monoisotopic (exact) mass is 482 g/mol. The van der Waals surface area contributed by atoms with Gasteiger partial charge < -0.3 is 9.80 Å². The molecule has 0 bridgehead atoms. The largest absolute Gasteiger partial charge is 0.362 e. The number of benzene rings is 2. The smallest absolute Gasteiger partial charge is 0.246 e. The van der Waals surface area contributed by atoms with Crippen LogP contribution < -0.4 is 10.0 Å². The zero-order valence-corrected chi connectivity index (χ0v) is 18.8. The average molecular weight is 483 g/mol. The molecule has 9 nitrogen and oxygen atoms in total. The molecule has 1 fully saturated rings. The van der Waals surface area contributed by atoms with Crippen LogP contribution in [0.25, 0.3) is 0 Å². The van der Waals surface area contributed by atoms with Crippen molar-refractivity contribution in [2.24, 2.45) is 5.14 Å². The minimum atomic E-state index is -3.97. The Labute approximate surface area is 186 Å². The quantitative estimate of drug-likeness (QED) is 0.657. The third-order valence-corrected chi connectivity index (χ3v) is 8.59. The molecule has 2 aromatic rings. The van der Waals surface area contributed by atoms with Crippen molar-refractivity contribution in [2.75, 3.05) is 44.2 Å². The van der Waals surface area contributed by atoms with Gasteiger partial charge in [0.15, 0.2) is 0 Å². The van der Waals surface area contributed by atoms with E-state index in [1.165, 1.54) is 34.6 Å². The molecule has 4 rings (SSSR count). The molecule has 1 saturated heterocycles. The van der Waals surface area contributed by atoms with E-state index in [1.54, 1.807) is 11.0 Å². The van der Waals surface area contributed by atoms with Gasteiger partial charge in [0.1, 0.15) is 10.7 Å². The van der Waals surface area contributed by atoms with Crippen molar-refractivity contribution in [3.63, 3.8) is 0 Å². The predicted octanol–water partition coefficient (Wildman–Crippen LogP) is 0.369. The summed E-state index contributed by atoms with van der Waals surface area (Å²) in [7, 11) is -7.76. The number of hydrogen-bond donors (Lipinski definition) is 1. The fourth-order valence-electron chi connectivity index (χ4n) is 4.02. The van der Waals surface area contributed by atoms with E-state index in [0.29, 0.717) is 13.0 Å². The van der Waals surface area contributed by atoms with E-state index in [0.717, 1.165) is 17.3 Å². The molecule has 0 radical (unpaired) electrons. The first-order valence-electron chi connectivity index (χ1n) is 10.0. The van der Waals surface area contributed by atoms with Crippen LogP contribution >= 0.6 is 0 Å². The number of halogens is 1. The zero-order valence-electron chi connectivity index (χ0n) is 17.1. The number of sulfonamides is 2. The van der Waals surface area contributed by atoms with Gasteiger partial charge in [-0.25, -0.2) is 26.4 Å². The molecular formula is C20H23FN4O5S2. The zero-order chi connectivity index (χ0) is 23.1. The van der Waals surface area contributed by atoms with Gasteiger partial charge in [0.2, 0.25) is 26.0 Å². The number of rotatable bonds is 5. The van der Waals surface area contributed by atoms with Crippen LogP contribution in [0.5, 0.6) is 0 Å². The summed E-state index contributed by atoms with van der Waals surface area (Å²) in [5, 5.41) is 5.18. The molecule has 172 valence electrons. The summed E-state index contributed by atoms with van der Waals surface area (Å²) in [6, 6.07) is 9.83. The standard InChI is InChI=1S/C20H23FN4O5S2/c21-17-3-1-2-4-19(17)32(29,30)25-11-9-23(10-12-25)20(26)14-24-8-7-15-13-16(31(22,27)28)5-6-18(15)24/h1-6,13H,7-12,14H2,(H2,22,27,28). The summed E-state index contributed by atoms with van der Waals surface area (Å²) in [5.41, 5.74) is 1.59. The van der Waals surface area contributed by atoms with Gasteiger partial charge in [0.25, 0.3) is 0 Å². The molecule has 0 atom stereocenters. The molecule has 2 aromatic carbocycles. The topological polar surface area (TPSA) is 121 Å². The molecule has 2 aliphatic rings. The lowest BCUT2D eigenvalue weighted by atomic mass is 10.2. The van der Waals surface area contributed by atoms with Crippen molar-refractivity contribution in [1.82, 2.24) is 9.21 Å². The first-order chi connectivity index (χ1) is 15.1. The van der Waals surface area contributed by atoms with Crippen LogP contribution in [0.15, 0.2) is 52.3 Å². The summed E-state index contributed by atoms with van der Waals surface area (Å²) >= 11 is 0. The van der Waals surface area contributed by atoms with Crippen molar-refractivity contribution in [3.8, 4) is 0 Å². The molecule has 0 aromatic heterocycles. The van der Waals surface area contributed by atoms with Gasteiger partial charge in [-0.15, -0.1) is 0 Å². The maximum Gasteiger partial charge on any atom is 0.246 e. The predicted molar refractivity (Wildman–Crippen MR) is 115 cm³/mol. The molecule has 2 aliphatic heterocycles.